The molecule has 1 atom stereocenters. The van der Waals surface area contributed by atoms with E-state index in [0.717, 1.165) is 5.56 Å². The van der Waals surface area contributed by atoms with Crippen LogP contribution in [0.25, 0.3) is 0 Å². The second kappa shape index (κ2) is 11.9. The molecule has 1 saturated heterocycles. The fraction of sp³-hybridized carbons (Fsp3) is 0.269. The fourth-order valence-electron chi connectivity index (χ4n) is 3.89. The maximum Gasteiger partial charge on any atom is 0.354 e. The van der Waals surface area contributed by atoms with Crippen LogP contribution in [0.5, 0.6) is 11.6 Å². The summed E-state index contributed by atoms with van der Waals surface area (Å²) in [6.07, 6.45) is -0.620. The summed E-state index contributed by atoms with van der Waals surface area (Å²) in [5.41, 5.74) is 1.20. The van der Waals surface area contributed by atoms with Crippen LogP contribution in [-0.2, 0) is 16.1 Å². The Morgan fingerprint density at radius 1 is 1.13 bits per heavy atom. The number of methoxy groups -OCH3 is 1. The van der Waals surface area contributed by atoms with Gasteiger partial charge >= 0.3 is 12.0 Å². The molecule has 3 heterocycles. The van der Waals surface area contributed by atoms with Gasteiger partial charge < -0.3 is 19.9 Å². The van der Waals surface area contributed by atoms with E-state index in [4.69, 9.17) is 26.2 Å². The maximum atomic E-state index is 13.3. The van der Waals surface area contributed by atoms with Gasteiger partial charge in [-0.1, -0.05) is 29.8 Å². The SMILES string of the molecule is COCCN1C(=O)CC(Nc2ccc(Oc3cccc(C(=O)O)n3)c(C)n2)N(Cc2ccc(Cl)cc2)C1=O. The van der Waals surface area contributed by atoms with Crippen LogP contribution in [0.4, 0.5) is 10.6 Å². The first kappa shape index (κ1) is 26.8. The Bertz CT molecular complexity index is 1340. The Labute approximate surface area is 224 Å². The molecule has 2 aromatic heterocycles. The smallest absolute Gasteiger partial charge is 0.354 e. The minimum Gasteiger partial charge on any atom is -0.477 e. The first-order valence-corrected chi connectivity index (χ1v) is 12.1. The molecule has 1 fully saturated rings. The number of benzene rings is 1. The number of carbonyl (C=O) groups is 3. The molecule has 0 spiro atoms. The molecule has 12 heteroatoms. The number of carboxylic acid groups (broad SMARTS) is 1. The van der Waals surface area contributed by atoms with Crippen molar-refractivity contribution in [2.45, 2.75) is 26.1 Å². The van der Waals surface area contributed by atoms with Crippen molar-refractivity contribution in [1.82, 2.24) is 19.8 Å². The molecular formula is C26H26ClN5O6. The van der Waals surface area contributed by atoms with Crippen LogP contribution in [0.3, 0.4) is 0 Å². The van der Waals surface area contributed by atoms with Crippen molar-refractivity contribution in [3.8, 4) is 11.6 Å². The van der Waals surface area contributed by atoms with Gasteiger partial charge in [-0.3, -0.25) is 14.6 Å². The average Bonchev–Trinajstić information content (AvgIpc) is 2.89. The fourth-order valence-corrected chi connectivity index (χ4v) is 4.01. The number of rotatable bonds is 10. The van der Waals surface area contributed by atoms with E-state index in [-0.39, 0.29) is 43.6 Å². The summed E-state index contributed by atoms with van der Waals surface area (Å²) >= 11 is 6.01. The third-order valence-electron chi connectivity index (χ3n) is 5.82. The van der Waals surface area contributed by atoms with Crippen molar-refractivity contribution in [1.29, 1.82) is 0 Å². The molecule has 1 aliphatic rings. The normalized spacial score (nSPS) is 15.5. The molecule has 1 unspecified atom stereocenters. The van der Waals surface area contributed by atoms with Gasteiger partial charge in [0.25, 0.3) is 0 Å². The number of hydrogen-bond donors (Lipinski definition) is 2. The van der Waals surface area contributed by atoms with Gasteiger partial charge in [-0.05, 0) is 42.8 Å². The van der Waals surface area contributed by atoms with Crippen LogP contribution < -0.4 is 10.1 Å². The lowest BCUT2D eigenvalue weighted by Gasteiger charge is -2.40. The number of aromatic nitrogens is 2. The Kier molecular flexibility index (Phi) is 8.39. The van der Waals surface area contributed by atoms with Crippen molar-refractivity contribution in [3.63, 3.8) is 0 Å². The van der Waals surface area contributed by atoms with Gasteiger partial charge in [0, 0.05) is 24.7 Å². The van der Waals surface area contributed by atoms with Crippen LogP contribution in [0, 0.1) is 6.92 Å². The number of hydrogen-bond acceptors (Lipinski definition) is 8. The van der Waals surface area contributed by atoms with Crippen molar-refractivity contribution < 1.29 is 29.0 Å². The molecule has 1 aromatic carbocycles. The number of aryl methyl sites for hydroxylation is 1. The molecule has 3 aromatic rings. The summed E-state index contributed by atoms with van der Waals surface area (Å²) in [4.78, 5) is 48.6. The summed E-state index contributed by atoms with van der Waals surface area (Å²) in [6, 6.07) is 14.4. The lowest BCUT2D eigenvalue weighted by atomic mass is 10.1. The second-order valence-corrected chi connectivity index (χ2v) is 8.92. The highest BCUT2D eigenvalue weighted by Crippen LogP contribution is 2.27. The number of urea groups is 1. The third-order valence-corrected chi connectivity index (χ3v) is 6.07. The van der Waals surface area contributed by atoms with Crippen molar-refractivity contribution in [2.24, 2.45) is 0 Å². The third kappa shape index (κ3) is 6.36. The zero-order valence-corrected chi connectivity index (χ0v) is 21.5. The Hall–Kier alpha value is -4.22. The highest BCUT2D eigenvalue weighted by Gasteiger charge is 2.38. The van der Waals surface area contributed by atoms with Crippen LogP contribution in [-0.4, -0.2) is 69.2 Å². The molecular weight excluding hydrogens is 514 g/mol. The lowest BCUT2D eigenvalue weighted by molar-refractivity contribution is -0.133. The van der Waals surface area contributed by atoms with E-state index in [2.05, 4.69) is 15.3 Å². The molecule has 0 aliphatic carbocycles. The molecule has 38 heavy (non-hydrogen) atoms. The van der Waals surface area contributed by atoms with E-state index in [1.807, 2.05) is 12.1 Å². The topological polar surface area (TPSA) is 134 Å². The highest BCUT2D eigenvalue weighted by atomic mass is 35.5. The molecule has 198 valence electrons. The number of imide groups is 1. The van der Waals surface area contributed by atoms with Crippen molar-refractivity contribution in [3.05, 3.63) is 76.6 Å². The minimum absolute atomic E-state index is 0.0356. The molecule has 2 N–H and O–H groups in total. The summed E-state index contributed by atoms with van der Waals surface area (Å²) in [6.45, 7) is 2.35. The van der Waals surface area contributed by atoms with E-state index in [0.29, 0.717) is 22.3 Å². The molecule has 0 radical (unpaired) electrons. The van der Waals surface area contributed by atoms with Gasteiger partial charge in [-0.25, -0.2) is 19.6 Å². The van der Waals surface area contributed by atoms with Crippen LogP contribution in [0.15, 0.2) is 54.6 Å². The van der Waals surface area contributed by atoms with Crippen LogP contribution in [0.2, 0.25) is 5.02 Å². The average molecular weight is 540 g/mol. The number of ether oxygens (including phenoxy) is 2. The Morgan fingerprint density at radius 3 is 2.58 bits per heavy atom. The lowest BCUT2D eigenvalue weighted by Crippen LogP contribution is -2.59. The number of aromatic carboxylic acids is 1. The van der Waals surface area contributed by atoms with E-state index in [9.17, 15) is 14.4 Å². The summed E-state index contributed by atoms with van der Waals surface area (Å²) in [7, 11) is 1.51. The van der Waals surface area contributed by atoms with E-state index >= 15 is 0 Å². The molecule has 4 rings (SSSR count). The van der Waals surface area contributed by atoms with Gasteiger partial charge in [0.2, 0.25) is 11.8 Å². The largest absolute Gasteiger partial charge is 0.477 e. The van der Waals surface area contributed by atoms with E-state index < -0.39 is 18.2 Å². The predicted octanol–water partition coefficient (Wildman–Crippen LogP) is 4.17. The monoisotopic (exact) mass is 539 g/mol. The quantitative estimate of drug-likeness (QED) is 0.389. The van der Waals surface area contributed by atoms with Crippen molar-refractivity contribution in [2.75, 3.05) is 25.6 Å². The highest BCUT2D eigenvalue weighted by molar-refractivity contribution is 6.30. The van der Waals surface area contributed by atoms with Gasteiger partial charge in [0.05, 0.1) is 25.3 Å². The minimum atomic E-state index is -1.16. The first-order valence-electron chi connectivity index (χ1n) is 11.7. The maximum absolute atomic E-state index is 13.3. The summed E-state index contributed by atoms with van der Waals surface area (Å²) in [5.74, 6) is -0.558. The standard InChI is InChI=1S/C26H26ClN5O6/c1-16-20(38-23-5-3-4-19(29-23)25(34)35)10-11-21(28-16)30-22-14-24(33)31(12-13-37-2)26(36)32(22)15-17-6-8-18(27)9-7-17/h3-11,22H,12-15H2,1-2H3,(H,28,30)(H,34,35). The molecule has 3 amide bonds. The van der Waals surface area contributed by atoms with Crippen LogP contribution in [0.1, 0.15) is 28.2 Å². The van der Waals surface area contributed by atoms with Gasteiger partial charge in [-0.15, -0.1) is 0 Å². The zero-order chi connectivity index (χ0) is 27.2. The number of pyridine rings is 2. The number of carbonyl (C=O) groups excluding carboxylic acids is 2. The summed E-state index contributed by atoms with van der Waals surface area (Å²) < 4.78 is 10.8. The molecule has 0 saturated carbocycles. The number of anilines is 1. The van der Waals surface area contributed by atoms with Crippen molar-refractivity contribution >= 4 is 35.3 Å². The van der Waals surface area contributed by atoms with Crippen LogP contribution >= 0.6 is 11.6 Å². The Morgan fingerprint density at radius 2 is 1.89 bits per heavy atom. The van der Waals surface area contributed by atoms with Gasteiger partial charge in [-0.2, -0.15) is 0 Å². The number of nitrogens with zero attached hydrogens (tertiary/aromatic N) is 4. The van der Waals surface area contributed by atoms with E-state index in [1.165, 1.54) is 24.1 Å². The van der Waals surface area contributed by atoms with Gasteiger partial charge in [0.1, 0.15) is 12.0 Å². The zero-order valence-electron chi connectivity index (χ0n) is 20.8. The Balaban J connectivity index is 1.54. The molecule has 1 aliphatic heterocycles. The van der Waals surface area contributed by atoms with Gasteiger partial charge in [0.15, 0.2) is 11.4 Å². The second-order valence-electron chi connectivity index (χ2n) is 8.49. The molecule has 0 bridgehead atoms. The first-order chi connectivity index (χ1) is 18.2. The number of nitrogens with one attached hydrogen (secondary N) is 1. The predicted molar refractivity (Wildman–Crippen MR) is 138 cm³/mol. The summed E-state index contributed by atoms with van der Waals surface area (Å²) in [5, 5.41) is 12.9. The molecule has 11 nitrogen and oxygen atoms in total. The number of amides is 3. The van der Waals surface area contributed by atoms with E-state index in [1.54, 1.807) is 42.2 Å². The number of halogens is 1. The number of carboxylic acids is 1.